The molecule has 0 N–H and O–H groups in total. The maximum Gasteiger partial charge on any atom is 0.223 e. The van der Waals surface area contributed by atoms with Gasteiger partial charge in [0, 0.05) is 38.3 Å². The molecular weight excluding hydrogens is 357 g/mol. The zero-order chi connectivity index (χ0) is 20.1. The molecule has 2 heterocycles. The van der Waals surface area contributed by atoms with Crippen LogP contribution in [0.4, 0.5) is 10.1 Å². The highest BCUT2D eigenvalue weighted by Gasteiger charge is 2.23. The molecule has 0 unspecified atom stereocenters. The van der Waals surface area contributed by atoms with Crippen molar-refractivity contribution in [3.63, 3.8) is 0 Å². The fraction of sp³-hybridized carbons (Fsp3) is 0.476. The van der Waals surface area contributed by atoms with Gasteiger partial charge < -0.3 is 9.80 Å². The minimum absolute atomic E-state index is 0.122. The molecule has 0 saturated carbocycles. The highest BCUT2D eigenvalue weighted by atomic mass is 19.1. The van der Waals surface area contributed by atoms with Gasteiger partial charge in [-0.05, 0) is 38.0 Å². The minimum Gasteiger partial charge on any atom is -0.366 e. The van der Waals surface area contributed by atoms with Crippen LogP contribution in [0, 0.1) is 31.0 Å². The Labute approximate surface area is 165 Å². The van der Waals surface area contributed by atoms with Crippen LogP contribution >= 0.6 is 0 Å². The van der Waals surface area contributed by atoms with Gasteiger partial charge in [-0.25, -0.2) is 4.39 Å². The number of anilines is 1. The molecule has 28 heavy (non-hydrogen) atoms. The molecule has 1 aliphatic heterocycles. The number of hydrogen-bond donors (Lipinski definition) is 0. The zero-order valence-electron chi connectivity index (χ0n) is 16.5. The summed E-state index contributed by atoms with van der Waals surface area (Å²) >= 11 is 0. The lowest BCUT2D eigenvalue weighted by atomic mass is 10.1. The van der Waals surface area contributed by atoms with Crippen molar-refractivity contribution in [1.29, 1.82) is 5.26 Å². The summed E-state index contributed by atoms with van der Waals surface area (Å²) in [7, 11) is 0. The highest BCUT2D eigenvalue weighted by Crippen LogP contribution is 2.21. The van der Waals surface area contributed by atoms with Crippen LogP contribution in [-0.2, 0) is 17.8 Å². The van der Waals surface area contributed by atoms with Crippen LogP contribution in [0.3, 0.4) is 0 Å². The quantitative estimate of drug-likeness (QED) is 0.769. The maximum absolute atomic E-state index is 13.9. The van der Waals surface area contributed by atoms with E-state index in [9.17, 15) is 9.18 Å². The van der Waals surface area contributed by atoms with Crippen molar-refractivity contribution in [2.24, 2.45) is 0 Å². The highest BCUT2D eigenvalue weighted by molar-refractivity contribution is 5.77. The molecule has 7 heteroatoms. The Morgan fingerprint density at radius 3 is 2.61 bits per heavy atom. The van der Waals surface area contributed by atoms with Crippen molar-refractivity contribution in [3.05, 3.63) is 47.0 Å². The van der Waals surface area contributed by atoms with Gasteiger partial charge in [-0.15, -0.1) is 0 Å². The lowest BCUT2D eigenvalue weighted by Crippen LogP contribution is -2.49. The first-order valence-corrected chi connectivity index (χ1v) is 9.68. The molecule has 6 nitrogen and oxygen atoms in total. The first kappa shape index (κ1) is 19.9. The van der Waals surface area contributed by atoms with Gasteiger partial charge in [-0.2, -0.15) is 10.4 Å². The van der Waals surface area contributed by atoms with Crippen LogP contribution in [0.25, 0.3) is 0 Å². The Balaban J connectivity index is 1.54. The largest absolute Gasteiger partial charge is 0.366 e. The van der Waals surface area contributed by atoms with Crippen LogP contribution in [0.2, 0.25) is 0 Å². The van der Waals surface area contributed by atoms with E-state index in [0.717, 1.165) is 17.0 Å². The average Bonchev–Trinajstić information content (AvgIpc) is 2.98. The van der Waals surface area contributed by atoms with Crippen LogP contribution < -0.4 is 4.90 Å². The maximum atomic E-state index is 13.9. The molecular formula is C21H26FN5O. The summed E-state index contributed by atoms with van der Waals surface area (Å²) in [5, 5.41) is 13.2. The van der Waals surface area contributed by atoms with Gasteiger partial charge in [-0.1, -0.05) is 12.1 Å². The number of rotatable bonds is 6. The number of para-hydroxylation sites is 1. The van der Waals surface area contributed by atoms with Crippen molar-refractivity contribution >= 4 is 11.6 Å². The predicted octanol–water partition coefficient (Wildman–Crippen LogP) is 2.83. The fourth-order valence-electron chi connectivity index (χ4n) is 3.76. The molecule has 1 aromatic carbocycles. The van der Waals surface area contributed by atoms with Crippen molar-refractivity contribution in [2.75, 3.05) is 31.1 Å². The van der Waals surface area contributed by atoms with E-state index in [1.807, 2.05) is 34.4 Å². The SMILES string of the molecule is Cc1nn(CCC#N)c(C)c1CCC(=O)N1CCN(c2ccccc2F)CC1. The van der Waals surface area contributed by atoms with Gasteiger partial charge in [0.1, 0.15) is 5.82 Å². The predicted molar refractivity (Wildman–Crippen MR) is 105 cm³/mol. The van der Waals surface area contributed by atoms with E-state index in [1.165, 1.54) is 6.07 Å². The van der Waals surface area contributed by atoms with Crippen molar-refractivity contribution < 1.29 is 9.18 Å². The second-order valence-corrected chi connectivity index (χ2v) is 7.10. The number of carbonyl (C=O) groups is 1. The molecule has 1 aliphatic rings. The van der Waals surface area contributed by atoms with Crippen LogP contribution in [0.1, 0.15) is 29.8 Å². The van der Waals surface area contributed by atoms with E-state index in [4.69, 9.17) is 5.26 Å². The lowest BCUT2D eigenvalue weighted by molar-refractivity contribution is -0.131. The average molecular weight is 383 g/mol. The Morgan fingerprint density at radius 1 is 1.21 bits per heavy atom. The van der Waals surface area contributed by atoms with Crippen molar-refractivity contribution in [2.45, 2.75) is 39.7 Å². The molecule has 0 radical (unpaired) electrons. The van der Waals surface area contributed by atoms with Crippen LogP contribution in [-0.4, -0.2) is 46.8 Å². The number of nitriles is 1. The minimum atomic E-state index is -0.221. The summed E-state index contributed by atoms with van der Waals surface area (Å²) in [5.41, 5.74) is 3.65. The molecule has 1 saturated heterocycles. The van der Waals surface area contributed by atoms with Crippen LogP contribution in [0.15, 0.2) is 24.3 Å². The third kappa shape index (κ3) is 4.33. The molecule has 2 aromatic rings. The van der Waals surface area contributed by atoms with Crippen molar-refractivity contribution in [1.82, 2.24) is 14.7 Å². The van der Waals surface area contributed by atoms with Crippen LogP contribution in [0.5, 0.6) is 0 Å². The van der Waals surface area contributed by atoms with Crippen molar-refractivity contribution in [3.8, 4) is 6.07 Å². The monoisotopic (exact) mass is 383 g/mol. The first-order valence-electron chi connectivity index (χ1n) is 9.68. The van der Waals surface area contributed by atoms with E-state index in [0.29, 0.717) is 57.7 Å². The third-order valence-electron chi connectivity index (χ3n) is 5.38. The number of carbonyl (C=O) groups excluding carboxylic acids is 1. The van der Waals surface area contributed by atoms with E-state index in [-0.39, 0.29) is 11.7 Å². The molecule has 0 atom stereocenters. The van der Waals surface area contributed by atoms with Gasteiger partial charge >= 0.3 is 0 Å². The topological polar surface area (TPSA) is 65.2 Å². The summed E-state index contributed by atoms with van der Waals surface area (Å²) < 4.78 is 15.8. The van der Waals surface area contributed by atoms with Gasteiger partial charge in [0.25, 0.3) is 0 Å². The third-order valence-corrected chi connectivity index (χ3v) is 5.38. The van der Waals surface area contributed by atoms with Gasteiger partial charge in [0.15, 0.2) is 0 Å². The number of piperazine rings is 1. The number of nitrogens with zero attached hydrogens (tertiary/aromatic N) is 5. The Bertz CT molecular complexity index is 877. The fourth-order valence-corrected chi connectivity index (χ4v) is 3.76. The second-order valence-electron chi connectivity index (χ2n) is 7.10. The number of amides is 1. The smallest absolute Gasteiger partial charge is 0.223 e. The van der Waals surface area contributed by atoms with Gasteiger partial charge in [0.2, 0.25) is 5.91 Å². The Kier molecular flexibility index (Phi) is 6.30. The zero-order valence-corrected chi connectivity index (χ0v) is 16.5. The normalized spacial score (nSPS) is 14.2. The molecule has 3 rings (SSSR count). The summed E-state index contributed by atoms with van der Waals surface area (Å²) in [6.07, 6.45) is 1.51. The van der Waals surface area contributed by atoms with E-state index < -0.39 is 0 Å². The molecule has 148 valence electrons. The van der Waals surface area contributed by atoms with Gasteiger partial charge in [-0.3, -0.25) is 9.48 Å². The molecule has 1 amide bonds. The molecule has 0 bridgehead atoms. The first-order chi connectivity index (χ1) is 13.5. The summed E-state index contributed by atoms with van der Waals surface area (Å²) in [4.78, 5) is 16.5. The van der Waals surface area contributed by atoms with E-state index >= 15 is 0 Å². The summed E-state index contributed by atoms with van der Waals surface area (Å²) in [6.45, 7) is 7.00. The van der Waals surface area contributed by atoms with Gasteiger partial charge in [0.05, 0.1) is 30.4 Å². The Hall–Kier alpha value is -2.88. The van der Waals surface area contributed by atoms with E-state index in [2.05, 4.69) is 11.2 Å². The molecule has 1 fully saturated rings. The molecule has 1 aromatic heterocycles. The summed E-state index contributed by atoms with van der Waals surface area (Å²) in [6, 6.07) is 8.90. The number of aryl methyl sites for hydroxylation is 2. The second kappa shape index (κ2) is 8.87. The summed E-state index contributed by atoms with van der Waals surface area (Å²) in [5.74, 6) is -0.0987. The Morgan fingerprint density at radius 2 is 1.93 bits per heavy atom. The number of halogens is 1. The number of hydrogen-bond acceptors (Lipinski definition) is 4. The standard InChI is InChI=1S/C21H26FN5O/c1-16-18(17(2)27(24-16)11-5-10-23)8-9-21(28)26-14-12-25(13-15-26)20-7-4-3-6-19(20)22/h3-4,6-7H,5,8-9,11-15H2,1-2H3. The molecule has 0 aliphatic carbocycles. The lowest BCUT2D eigenvalue weighted by Gasteiger charge is -2.36. The number of benzene rings is 1. The number of aromatic nitrogens is 2. The molecule has 0 spiro atoms. The van der Waals surface area contributed by atoms with E-state index in [1.54, 1.807) is 12.1 Å².